The molecule has 0 amide bonds. The highest BCUT2D eigenvalue weighted by molar-refractivity contribution is 9.10. The van der Waals surface area contributed by atoms with Crippen LogP contribution in [-0.4, -0.2) is 15.2 Å². The van der Waals surface area contributed by atoms with Crippen LogP contribution in [0.15, 0.2) is 27.4 Å². The van der Waals surface area contributed by atoms with Gasteiger partial charge in [0, 0.05) is 12.1 Å². The summed E-state index contributed by atoms with van der Waals surface area (Å²) < 4.78 is 6.79. The molecule has 0 aliphatic carbocycles. The SMILES string of the molecule is CCCn1c(=O)oc2cc(C(=O)C(Br)CC)ccc21. The molecule has 102 valence electrons. The van der Waals surface area contributed by atoms with Crippen LogP contribution in [0, 0.1) is 0 Å². The number of benzene rings is 1. The lowest BCUT2D eigenvalue weighted by Gasteiger charge is -2.05. The van der Waals surface area contributed by atoms with Crippen LogP contribution in [0.3, 0.4) is 0 Å². The summed E-state index contributed by atoms with van der Waals surface area (Å²) in [6, 6.07) is 5.17. The van der Waals surface area contributed by atoms with Crippen LogP contribution in [0.4, 0.5) is 0 Å². The Bertz CT molecular complexity index is 656. The van der Waals surface area contributed by atoms with E-state index in [4.69, 9.17) is 4.42 Å². The first-order valence-electron chi connectivity index (χ1n) is 6.40. The Morgan fingerprint density at radius 2 is 2.16 bits per heavy atom. The molecule has 1 unspecified atom stereocenters. The highest BCUT2D eigenvalue weighted by Gasteiger charge is 2.17. The van der Waals surface area contributed by atoms with Crippen molar-refractivity contribution in [2.45, 2.75) is 38.1 Å². The number of aryl methyl sites for hydroxylation is 1. The van der Waals surface area contributed by atoms with Gasteiger partial charge in [-0.15, -0.1) is 0 Å². The number of alkyl halides is 1. The molecule has 0 spiro atoms. The lowest BCUT2D eigenvalue weighted by atomic mass is 10.1. The Hall–Kier alpha value is -1.36. The van der Waals surface area contributed by atoms with Gasteiger partial charge >= 0.3 is 5.76 Å². The van der Waals surface area contributed by atoms with Crippen molar-refractivity contribution in [2.24, 2.45) is 0 Å². The van der Waals surface area contributed by atoms with E-state index in [0.717, 1.165) is 18.4 Å². The molecule has 1 aromatic heterocycles. The second kappa shape index (κ2) is 5.74. The zero-order valence-corrected chi connectivity index (χ0v) is 12.6. The maximum atomic E-state index is 12.1. The first-order valence-corrected chi connectivity index (χ1v) is 7.31. The summed E-state index contributed by atoms with van der Waals surface area (Å²) in [7, 11) is 0. The van der Waals surface area contributed by atoms with E-state index >= 15 is 0 Å². The predicted molar refractivity (Wildman–Crippen MR) is 78.1 cm³/mol. The molecule has 5 heteroatoms. The Balaban J connectivity index is 2.48. The van der Waals surface area contributed by atoms with Crippen LogP contribution in [-0.2, 0) is 6.54 Å². The number of hydrogen-bond donors (Lipinski definition) is 0. The number of fused-ring (bicyclic) bond motifs is 1. The Morgan fingerprint density at radius 1 is 1.42 bits per heavy atom. The van der Waals surface area contributed by atoms with Crippen molar-refractivity contribution in [2.75, 3.05) is 0 Å². The fraction of sp³-hybridized carbons (Fsp3) is 0.429. The summed E-state index contributed by atoms with van der Waals surface area (Å²) >= 11 is 3.34. The molecule has 4 nitrogen and oxygen atoms in total. The normalized spacial score (nSPS) is 12.8. The zero-order valence-electron chi connectivity index (χ0n) is 11.0. The predicted octanol–water partition coefficient (Wildman–Crippen LogP) is 3.36. The number of Topliss-reactive ketones (excluding diaryl/α,β-unsaturated/α-hetero) is 1. The summed E-state index contributed by atoms with van der Waals surface area (Å²) in [5, 5.41) is 0. The van der Waals surface area contributed by atoms with Gasteiger partial charge in [-0.1, -0.05) is 29.8 Å². The van der Waals surface area contributed by atoms with Gasteiger partial charge in [0.1, 0.15) is 0 Å². The molecule has 19 heavy (non-hydrogen) atoms. The fourth-order valence-electron chi connectivity index (χ4n) is 2.02. The molecule has 1 aromatic carbocycles. The topological polar surface area (TPSA) is 52.2 Å². The second-order valence-corrected chi connectivity index (χ2v) is 5.55. The third-order valence-corrected chi connectivity index (χ3v) is 4.11. The summed E-state index contributed by atoms with van der Waals surface area (Å²) in [5.74, 6) is -0.359. The van der Waals surface area contributed by atoms with E-state index in [2.05, 4.69) is 15.9 Å². The lowest BCUT2D eigenvalue weighted by molar-refractivity contribution is 0.0990. The Kier molecular flexibility index (Phi) is 4.24. The van der Waals surface area contributed by atoms with Crippen LogP contribution < -0.4 is 5.76 Å². The van der Waals surface area contributed by atoms with Gasteiger partial charge in [-0.05, 0) is 31.0 Å². The number of hydrogen-bond acceptors (Lipinski definition) is 3. The molecule has 1 heterocycles. The highest BCUT2D eigenvalue weighted by atomic mass is 79.9. The van der Waals surface area contributed by atoms with Crippen molar-refractivity contribution < 1.29 is 9.21 Å². The molecular formula is C14H16BrNO3. The minimum absolute atomic E-state index is 0.00953. The average Bonchev–Trinajstić information content (AvgIpc) is 2.73. The largest absolute Gasteiger partial charge is 0.419 e. The summed E-state index contributed by atoms with van der Waals surface area (Å²) in [5.41, 5.74) is 1.78. The van der Waals surface area contributed by atoms with Gasteiger partial charge in [-0.2, -0.15) is 0 Å². The maximum absolute atomic E-state index is 12.1. The van der Waals surface area contributed by atoms with Crippen molar-refractivity contribution in [1.82, 2.24) is 4.57 Å². The minimum atomic E-state index is -0.368. The molecule has 0 bridgehead atoms. The van der Waals surface area contributed by atoms with E-state index in [1.165, 1.54) is 0 Å². The first kappa shape index (κ1) is 14.1. The van der Waals surface area contributed by atoms with E-state index in [-0.39, 0.29) is 16.4 Å². The molecule has 0 fully saturated rings. The molecule has 0 aliphatic heterocycles. The second-order valence-electron chi connectivity index (χ2n) is 4.44. The van der Waals surface area contributed by atoms with Crippen LogP contribution in [0.25, 0.3) is 11.1 Å². The zero-order chi connectivity index (χ0) is 14.0. The van der Waals surface area contributed by atoms with E-state index < -0.39 is 0 Å². The molecule has 0 aliphatic rings. The van der Waals surface area contributed by atoms with Gasteiger partial charge in [0.05, 0.1) is 10.3 Å². The molecule has 0 N–H and O–H groups in total. The standard InChI is InChI=1S/C14H16BrNO3/c1-3-7-16-11-6-5-9(13(17)10(15)4-2)8-12(11)19-14(16)18/h5-6,8,10H,3-4,7H2,1-2H3. The van der Waals surface area contributed by atoms with Crippen LogP contribution in [0.2, 0.25) is 0 Å². The number of nitrogens with zero attached hydrogens (tertiary/aromatic N) is 1. The van der Waals surface area contributed by atoms with Crippen molar-refractivity contribution in [3.63, 3.8) is 0 Å². The number of carbonyl (C=O) groups is 1. The molecule has 0 radical (unpaired) electrons. The number of halogens is 1. The smallest absolute Gasteiger partial charge is 0.408 e. The van der Waals surface area contributed by atoms with Crippen molar-refractivity contribution in [3.8, 4) is 0 Å². The molecular weight excluding hydrogens is 310 g/mol. The van der Waals surface area contributed by atoms with Crippen molar-refractivity contribution >= 4 is 32.8 Å². The third-order valence-electron chi connectivity index (χ3n) is 3.04. The molecule has 0 saturated carbocycles. The third kappa shape index (κ3) is 2.66. The number of rotatable bonds is 5. The number of ketones is 1. The van der Waals surface area contributed by atoms with E-state index in [9.17, 15) is 9.59 Å². The summed E-state index contributed by atoms with van der Waals surface area (Å²) in [6.07, 6.45) is 1.58. The van der Waals surface area contributed by atoms with Gasteiger partial charge in [0.15, 0.2) is 11.4 Å². The van der Waals surface area contributed by atoms with Gasteiger partial charge < -0.3 is 4.42 Å². The van der Waals surface area contributed by atoms with Gasteiger partial charge in [0.25, 0.3) is 0 Å². The van der Waals surface area contributed by atoms with Crippen LogP contribution >= 0.6 is 15.9 Å². The van der Waals surface area contributed by atoms with Crippen LogP contribution in [0.5, 0.6) is 0 Å². The van der Waals surface area contributed by atoms with Crippen LogP contribution in [0.1, 0.15) is 37.0 Å². The van der Waals surface area contributed by atoms with Gasteiger partial charge in [-0.25, -0.2) is 4.79 Å². The van der Waals surface area contributed by atoms with E-state index in [0.29, 0.717) is 17.7 Å². The van der Waals surface area contributed by atoms with E-state index in [1.807, 2.05) is 13.8 Å². The monoisotopic (exact) mass is 325 g/mol. The minimum Gasteiger partial charge on any atom is -0.408 e. The lowest BCUT2D eigenvalue weighted by Crippen LogP contribution is -2.14. The number of oxazole rings is 1. The average molecular weight is 326 g/mol. The van der Waals surface area contributed by atoms with Gasteiger partial charge in [-0.3, -0.25) is 9.36 Å². The molecule has 2 rings (SSSR count). The van der Waals surface area contributed by atoms with Gasteiger partial charge in [0.2, 0.25) is 0 Å². The molecule has 2 aromatic rings. The number of carbonyl (C=O) groups excluding carboxylic acids is 1. The maximum Gasteiger partial charge on any atom is 0.419 e. The molecule has 0 saturated heterocycles. The first-order chi connectivity index (χ1) is 9.08. The summed E-state index contributed by atoms with van der Waals surface area (Å²) in [6.45, 7) is 4.56. The number of aromatic nitrogens is 1. The Labute approximate surface area is 119 Å². The van der Waals surface area contributed by atoms with Crippen molar-refractivity contribution in [1.29, 1.82) is 0 Å². The van der Waals surface area contributed by atoms with E-state index in [1.54, 1.807) is 22.8 Å². The fourth-order valence-corrected chi connectivity index (χ4v) is 2.29. The summed E-state index contributed by atoms with van der Waals surface area (Å²) in [4.78, 5) is 23.6. The quantitative estimate of drug-likeness (QED) is 0.625. The highest BCUT2D eigenvalue weighted by Crippen LogP contribution is 2.19. The van der Waals surface area contributed by atoms with Crippen molar-refractivity contribution in [3.05, 3.63) is 34.3 Å². The molecule has 1 atom stereocenters. The Morgan fingerprint density at radius 3 is 2.79 bits per heavy atom.